The molecule has 0 saturated heterocycles. The van der Waals surface area contributed by atoms with Gasteiger partial charge in [0.05, 0.1) is 12.0 Å². The highest BCUT2D eigenvalue weighted by Gasteiger charge is 2.26. The molecule has 30 heavy (non-hydrogen) atoms. The molecule has 2 aromatic carbocycles. The molecule has 1 aliphatic rings. The molecular weight excluding hydrogens is 400 g/mol. The number of ether oxygens (including phenoxy) is 1. The van der Waals surface area contributed by atoms with Gasteiger partial charge in [-0.3, -0.25) is 4.79 Å². The number of fused-ring (bicyclic) bond motifs is 1. The van der Waals surface area contributed by atoms with Gasteiger partial charge in [0.25, 0.3) is 0 Å². The number of nitrogens with one attached hydrogen (secondary N) is 1. The molecule has 1 N–H and O–H groups in total. The maximum Gasteiger partial charge on any atom is 0.241 e. The van der Waals surface area contributed by atoms with Gasteiger partial charge in [-0.2, -0.15) is 0 Å². The van der Waals surface area contributed by atoms with Crippen LogP contribution < -0.4 is 14.4 Å². The highest BCUT2D eigenvalue weighted by Crippen LogP contribution is 2.33. The van der Waals surface area contributed by atoms with E-state index in [-0.39, 0.29) is 16.7 Å². The third-order valence-corrected chi connectivity index (χ3v) is 7.21. The number of methoxy groups -OCH3 is 1. The van der Waals surface area contributed by atoms with E-state index in [0.29, 0.717) is 13.0 Å². The highest BCUT2D eigenvalue weighted by molar-refractivity contribution is 7.89. The molecule has 1 amide bonds. The fourth-order valence-electron chi connectivity index (χ4n) is 4.05. The topological polar surface area (TPSA) is 75.7 Å². The largest absolute Gasteiger partial charge is 0.496 e. The molecule has 0 spiro atoms. The van der Waals surface area contributed by atoms with Gasteiger partial charge in [-0.25, -0.2) is 13.1 Å². The van der Waals surface area contributed by atoms with Crippen LogP contribution in [0.2, 0.25) is 0 Å². The summed E-state index contributed by atoms with van der Waals surface area (Å²) >= 11 is 0. The van der Waals surface area contributed by atoms with Gasteiger partial charge < -0.3 is 9.64 Å². The lowest BCUT2D eigenvalue weighted by Crippen LogP contribution is -2.28. The Balaban J connectivity index is 1.89. The van der Waals surface area contributed by atoms with Crippen LogP contribution in [0.15, 0.2) is 35.2 Å². The molecule has 1 atom stereocenters. The second kappa shape index (κ2) is 8.40. The predicted molar refractivity (Wildman–Crippen MR) is 119 cm³/mol. The fourth-order valence-corrected chi connectivity index (χ4v) is 5.32. The average Bonchev–Trinajstić information content (AvgIpc) is 3.10. The van der Waals surface area contributed by atoms with Crippen LogP contribution in [0.1, 0.15) is 61.9 Å². The van der Waals surface area contributed by atoms with Gasteiger partial charge in [-0.15, -0.1) is 0 Å². The van der Waals surface area contributed by atoms with Crippen LogP contribution in [0.5, 0.6) is 5.75 Å². The van der Waals surface area contributed by atoms with Crippen molar-refractivity contribution in [2.45, 2.75) is 57.9 Å². The number of rotatable bonds is 6. The van der Waals surface area contributed by atoms with Crippen LogP contribution in [0, 0.1) is 6.92 Å². The summed E-state index contributed by atoms with van der Waals surface area (Å²) in [7, 11) is -2.07. The standard InChI is InChI=1S/C23H30N2O4S/c1-14(2)20-13-21(15(3)11-23(20)29-6)16(4)24-30(27,28)19-7-8-22-18(12-19)9-10-25(22)17(5)26/h7-8,11-14,16,24H,9-10H2,1-6H3/t16-/m0/s1. The lowest BCUT2D eigenvalue weighted by molar-refractivity contribution is -0.116. The van der Waals surface area contributed by atoms with Crippen molar-refractivity contribution in [3.8, 4) is 5.75 Å². The van der Waals surface area contributed by atoms with Crippen molar-refractivity contribution in [3.05, 3.63) is 52.6 Å². The van der Waals surface area contributed by atoms with E-state index >= 15 is 0 Å². The van der Waals surface area contributed by atoms with E-state index < -0.39 is 16.1 Å². The number of sulfonamides is 1. The fraction of sp³-hybridized carbons (Fsp3) is 0.435. The van der Waals surface area contributed by atoms with Gasteiger partial charge in [-0.1, -0.05) is 13.8 Å². The van der Waals surface area contributed by atoms with Crippen LogP contribution in [-0.2, 0) is 21.2 Å². The third-order valence-electron chi connectivity index (χ3n) is 5.68. The monoisotopic (exact) mass is 430 g/mol. The Kier molecular flexibility index (Phi) is 6.24. The summed E-state index contributed by atoms with van der Waals surface area (Å²) < 4.78 is 34.4. The molecule has 2 aromatic rings. The number of carbonyl (C=O) groups is 1. The number of aryl methyl sites for hydroxylation is 1. The summed E-state index contributed by atoms with van der Waals surface area (Å²) in [5, 5.41) is 0. The minimum absolute atomic E-state index is 0.0351. The van der Waals surface area contributed by atoms with Crippen molar-refractivity contribution < 1.29 is 17.9 Å². The molecule has 0 radical (unpaired) electrons. The molecule has 0 aliphatic carbocycles. The molecule has 1 aliphatic heterocycles. The Bertz CT molecular complexity index is 1080. The lowest BCUT2D eigenvalue weighted by Gasteiger charge is -2.21. The molecule has 0 fully saturated rings. The zero-order chi connectivity index (χ0) is 22.2. The van der Waals surface area contributed by atoms with E-state index in [0.717, 1.165) is 33.7 Å². The van der Waals surface area contributed by atoms with Crippen molar-refractivity contribution in [2.75, 3.05) is 18.6 Å². The van der Waals surface area contributed by atoms with Gasteiger partial charge in [-0.05, 0) is 78.8 Å². The summed E-state index contributed by atoms with van der Waals surface area (Å²) in [6, 6.07) is 8.54. The zero-order valence-corrected chi connectivity index (χ0v) is 19.3. The Morgan fingerprint density at radius 3 is 2.43 bits per heavy atom. The predicted octanol–water partition coefficient (Wildman–Crippen LogP) is 4.08. The smallest absolute Gasteiger partial charge is 0.241 e. The van der Waals surface area contributed by atoms with Crippen LogP contribution >= 0.6 is 0 Å². The van der Waals surface area contributed by atoms with E-state index in [4.69, 9.17) is 4.74 Å². The molecule has 3 rings (SSSR count). The molecule has 6 nitrogen and oxygen atoms in total. The normalized spacial score (nSPS) is 14.7. The van der Waals surface area contributed by atoms with Crippen molar-refractivity contribution in [2.24, 2.45) is 0 Å². The van der Waals surface area contributed by atoms with Crippen molar-refractivity contribution in [1.82, 2.24) is 4.72 Å². The van der Waals surface area contributed by atoms with Gasteiger partial charge in [0.1, 0.15) is 5.75 Å². The molecule has 7 heteroatoms. The second-order valence-corrected chi connectivity index (χ2v) is 9.87. The van der Waals surface area contributed by atoms with E-state index in [1.165, 1.54) is 6.92 Å². The van der Waals surface area contributed by atoms with Crippen molar-refractivity contribution >= 4 is 21.6 Å². The maximum absolute atomic E-state index is 13.1. The number of amides is 1. The molecule has 0 aromatic heterocycles. The summed E-state index contributed by atoms with van der Waals surface area (Å²) in [6.45, 7) is 10.1. The summed E-state index contributed by atoms with van der Waals surface area (Å²) in [4.78, 5) is 13.6. The first-order chi connectivity index (χ1) is 14.0. The maximum atomic E-state index is 13.1. The van der Waals surface area contributed by atoms with Gasteiger partial charge in [0, 0.05) is 25.2 Å². The van der Waals surface area contributed by atoms with E-state index in [2.05, 4.69) is 18.6 Å². The first kappa shape index (κ1) is 22.3. The minimum atomic E-state index is -3.72. The van der Waals surface area contributed by atoms with Gasteiger partial charge >= 0.3 is 0 Å². The molecule has 1 heterocycles. The van der Waals surface area contributed by atoms with E-state index in [1.54, 1.807) is 30.2 Å². The molecule has 0 saturated carbocycles. The summed E-state index contributed by atoms with van der Waals surface area (Å²) in [6.07, 6.45) is 0.656. The minimum Gasteiger partial charge on any atom is -0.496 e. The Labute approximate surface area is 179 Å². The SMILES string of the molecule is COc1cc(C)c([C@H](C)NS(=O)(=O)c2ccc3c(c2)CCN3C(C)=O)cc1C(C)C. The molecule has 162 valence electrons. The Hall–Kier alpha value is -2.38. The van der Waals surface area contributed by atoms with Crippen LogP contribution in [0.25, 0.3) is 0 Å². The molecule has 0 unspecified atom stereocenters. The number of hydrogen-bond donors (Lipinski definition) is 1. The Morgan fingerprint density at radius 1 is 1.13 bits per heavy atom. The number of carbonyl (C=O) groups excluding carboxylic acids is 1. The second-order valence-electron chi connectivity index (χ2n) is 8.16. The van der Waals surface area contributed by atoms with Crippen LogP contribution in [0.3, 0.4) is 0 Å². The Morgan fingerprint density at radius 2 is 1.83 bits per heavy atom. The molecule has 0 bridgehead atoms. The first-order valence-electron chi connectivity index (χ1n) is 10.2. The lowest BCUT2D eigenvalue weighted by atomic mass is 9.94. The van der Waals surface area contributed by atoms with E-state index in [9.17, 15) is 13.2 Å². The number of nitrogens with zero attached hydrogens (tertiary/aromatic N) is 1. The van der Waals surface area contributed by atoms with Gasteiger partial charge in [0.15, 0.2) is 0 Å². The zero-order valence-electron chi connectivity index (χ0n) is 18.4. The van der Waals surface area contributed by atoms with Crippen LogP contribution in [-0.4, -0.2) is 28.0 Å². The quantitative estimate of drug-likeness (QED) is 0.749. The van der Waals surface area contributed by atoms with E-state index in [1.807, 2.05) is 26.0 Å². The third kappa shape index (κ3) is 4.23. The van der Waals surface area contributed by atoms with Crippen LogP contribution in [0.4, 0.5) is 5.69 Å². The van der Waals surface area contributed by atoms with Crippen molar-refractivity contribution in [3.63, 3.8) is 0 Å². The molecular formula is C23H30N2O4S. The summed E-state index contributed by atoms with van der Waals surface area (Å²) in [5.74, 6) is 1.03. The van der Waals surface area contributed by atoms with Crippen molar-refractivity contribution in [1.29, 1.82) is 0 Å². The number of hydrogen-bond acceptors (Lipinski definition) is 4. The number of benzene rings is 2. The first-order valence-corrected chi connectivity index (χ1v) is 11.6. The number of anilines is 1. The summed E-state index contributed by atoms with van der Waals surface area (Å²) in [5.41, 5.74) is 4.61. The highest BCUT2D eigenvalue weighted by atomic mass is 32.2. The van der Waals surface area contributed by atoms with Gasteiger partial charge in [0.2, 0.25) is 15.9 Å². The average molecular weight is 431 g/mol.